The molecule has 0 aromatic heterocycles. The second-order valence-corrected chi connectivity index (χ2v) is 6.13. The molecule has 21 heavy (non-hydrogen) atoms. The summed E-state index contributed by atoms with van der Waals surface area (Å²) in [6, 6.07) is 8.16. The van der Waals surface area contributed by atoms with E-state index in [9.17, 15) is 4.79 Å². The number of rotatable bonds is 3. The molecular formula is C17H23NO3. The van der Waals surface area contributed by atoms with Crippen LogP contribution in [0.15, 0.2) is 24.3 Å². The molecule has 1 aliphatic carbocycles. The van der Waals surface area contributed by atoms with E-state index in [0.29, 0.717) is 12.6 Å². The molecule has 1 heterocycles. The second-order valence-electron chi connectivity index (χ2n) is 6.13. The van der Waals surface area contributed by atoms with Gasteiger partial charge >= 0.3 is 5.97 Å². The van der Waals surface area contributed by atoms with Gasteiger partial charge in [0.1, 0.15) is 5.75 Å². The van der Waals surface area contributed by atoms with Crippen molar-refractivity contribution in [1.29, 1.82) is 0 Å². The Balaban J connectivity index is 2.06. The van der Waals surface area contributed by atoms with Crippen molar-refractivity contribution in [1.82, 2.24) is 5.32 Å². The van der Waals surface area contributed by atoms with Gasteiger partial charge in [-0.15, -0.1) is 0 Å². The third-order valence-corrected chi connectivity index (χ3v) is 4.83. The molecule has 4 heteroatoms. The van der Waals surface area contributed by atoms with Crippen molar-refractivity contribution in [2.75, 3.05) is 13.7 Å². The van der Waals surface area contributed by atoms with E-state index in [1.54, 1.807) is 0 Å². The number of nitrogens with one attached hydrogen (secondary N) is 1. The van der Waals surface area contributed by atoms with Crippen LogP contribution in [-0.4, -0.2) is 25.7 Å². The fourth-order valence-electron chi connectivity index (χ4n) is 3.67. The van der Waals surface area contributed by atoms with E-state index >= 15 is 0 Å². The highest BCUT2D eigenvalue weighted by Crippen LogP contribution is 2.42. The minimum Gasteiger partial charge on any atom is -0.493 e. The van der Waals surface area contributed by atoms with Gasteiger partial charge in [0, 0.05) is 17.5 Å². The van der Waals surface area contributed by atoms with E-state index in [1.807, 2.05) is 24.3 Å². The Hall–Kier alpha value is -1.55. The van der Waals surface area contributed by atoms with Crippen LogP contribution >= 0.6 is 0 Å². The predicted octanol–water partition coefficient (Wildman–Crippen LogP) is 2.62. The fraction of sp³-hybridized carbons (Fsp3) is 0.588. The van der Waals surface area contributed by atoms with E-state index < -0.39 is 5.54 Å². The number of hydrogen-bond acceptors (Lipinski definition) is 4. The molecule has 3 rings (SSSR count). The molecular weight excluding hydrogens is 266 g/mol. The molecule has 2 atom stereocenters. The van der Waals surface area contributed by atoms with E-state index in [-0.39, 0.29) is 11.9 Å². The number of ether oxygens (including phenoxy) is 2. The van der Waals surface area contributed by atoms with Crippen molar-refractivity contribution in [3.63, 3.8) is 0 Å². The molecule has 4 nitrogen and oxygen atoms in total. The van der Waals surface area contributed by atoms with Crippen LogP contribution < -0.4 is 10.1 Å². The van der Waals surface area contributed by atoms with Gasteiger partial charge in [-0.05, 0) is 18.9 Å². The van der Waals surface area contributed by atoms with Gasteiger partial charge in [0.25, 0.3) is 0 Å². The Bertz CT molecular complexity index is 525. The molecule has 1 aromatic carbocycles. The van der Waals surface area contributed by atoms with Crippen molar-refractivity contribution in [3.05, 3.63) is 29.8 Å². The summed E-state index contributed by atoms with van der Waals surface area (Å²) in [5, 5.41) is 3.63. The Morgan fingerprint density at radius 1 is 1.33 bits per heavy atom. The molecule has 1 N–H and O–H groups in total. The number of methoxy groups -OCH3 is 1. The molecule has 2 unspecified atom stereocenters. The van der Waals surface area contributed by atoms with Crippen molar-refractivity contribution in [2.45, 2.75) is 44.2 Å². The third kappa shape index (κ3) is 2.31. The fourth-order valence-corrected chi connectivity index (χ4v) is 3.67. The molecule has 1 saturated carbocycles. The number of esters is 1. The molecule has 1 aromatic rings. The van der Waals surface area contributed by atoms with Crippen LogP contribution in [0.2, 0.25) is 0 Å². The lowest BCUT2D eigenvalue weighted by Gasteiger charge is -2.43. The van der Waals surface area contributed by atoms with Gasteiger partial charge in [0.2, 0.25) is 0 Å². The summed E-state index contributed by atoms with van der Waals surface area (Å²) in [6.07, 6.45) is 4.69. The number of fused-ring (bicyclic) bond motifs is 1. The average Bonchev–Trinajstić information content (AvgIpc) is 3.02. The van der Waals surface area contributed by atoms with Gasteiger partial charge in [-0.1, -0.05) is 38.0 Å². The third-order valence-electron chi connectivity index (χ3n) is 4.83. The molecule has 0 bridgehead atoms. The van der Waals surface area contributed by atoms with Crippen LogP contribution in [0.4, 0.5) is 0 Å². The Morgan fingerprint density at radius 2 is 2.05 bits per heavy atom. The molecule has 0 spiro atoms. The Morgan fingerprint density at radius 3 is 2.76 bits per heavy atom. The number of para-hydroxylation sites is 1. The van der Waals surface area contributed by atoms with Gasteiger partial charge < -0.3 is 9.47 Å². The lowest BCUT2D eigenvalue weighted by atomic mass is 9.76. The molecule has 0 amide bonds. The molecule has 1 aliphatic heterocycles. The largest absolute Gasteiger partial charge is 0.493 e. The normalized spacial score (nSPS) is 28.8. The van der Waals surface area contributed by atoms with Gasteiger partial charge in [0.15, 0.2) is 5.54 Å². The summed E-state index contributed by atoms with van der Waals surface area (Å²) in [7, 11) is 1.46. The average molecular weight is 289 g/mol. The number of carbonyl (C=O) groups excluding carboxylic acids is 1. The van der Waals surface area contributed by atoms with Crippen molar-refractivity contribution in [3.8, 4) is 5.75 Å². The van der Waals surface area contributed by atoms with E-state index in [1.165, 1.54) is 20.0 Å². The first kappa shape index (κ1) is 14.4. The minimum atomic E-state index is -0.793. The summed E-state index contributed by atoms with van der Waals surface area (Å²) >= 11 is 0. The topological polar surface area (TPSA) is 47.6 Å². The van der Waals surface area contributed by atoms with Crippen molar-refractivity contribution in [2.24, 2.45) is 5.92 Å². The highest BCUT2D eigenvalue weighted by Gasteiger charge is 2.51. The first-order chi connectivity index (χ1) is 10.2. The van der Waals surface area contributed by atoms with Crippen LogP contribution in [-0.2, 0) is 15.1 Å². The van der Waals surface area contributed by atoms with E-state index in [2.05, 4.69) is 12.2 Å². The zero-order valence-electron chi connectivity index (χ0n) is 12.7. The monoisotopic (exact) mass is 289 g/mol. The molecule has 0 radical (unpaired) electrons. The summed E-state index contributed by atoms with van der Waals surface area (Å²) in [5.41, 5.74) is 0.112. The van der Waals surface area contributed by atoms with E-state index in [4.69, 9.17) is 9.47 Å². The first-order valence-electron chi connectivity index (χ1n) is 7.77. The molecule has 1 fully saturated rings. The van der Waals surface area contributed by atoms with E-state index in [0.717, 1.165) is 24.2 Å². The van der Waals surface area contributed by atoms with Crippen molar-refractivity contribution >= 4 is 5.97 Å². The summed E-state index contributed by atoms with van der Waals surface area (Å²) in [6.45, 7) is 2.57. The SMILES string of the molecule is COC(=O)C1(NC2CCCC2)c2ccccc2OCC1C. The molecule has 0 saturated heterocycles. The zero-order chi connectivity index (χ0) is 14.9. The first-order valence-corrected chi connectivity index (χ1v) is 7.77. The second kappa shape index (κ2) is 5.68. The summed E-state index contributed by atoms with van der Waals surface area (Å²) in [4.78, 5) is 12.7. The highest BCUT2D eigenvalue weighted by atomic mass is 16.5. The summed E-state index contributed by atoms with van der Waals surface area (Å²) in [5.74, 6) is 0.601. The van der Waals surface area contributed by atoms with Gasteiger partial charge in [-0.25, -0.2) is 4.79 Å². The van der Waals surface area contributed by atoms with Crippen molar-refractivity contribution < 1.29 is 14.3 Å². The van der Waals surface area contributed by atoms with Crippen LogP contribution in [0.1, 0.15) is 38.2 Å². The molecule has 114 valence electrons. The summed E-state index contributed by atoms with van der Waals surface area (Å²) < 4.78 is 11.0. The maximum absolute atomic E-state index is 12.7. The highest BCUT2D eigenvalue weighted by molar-refractivity contribution is 5.84. The standard InChI is InChI=1S/C17H23NO3/c1-12-11-21-15-10-6-5-9-14(15)17(12,16(19)20-2)18-13-7-3-4-8-13/h5-6,9-10,12-13,18H,3-4,7-8,11H2,1-2H3. The van der Waals surface area contributed by atoms with Gasteiger partial charge in [-0.2, -0.15) is 0 Å². The number of carbonyl (C=O) groups is 1. The molecule has 2 aliphatic rings. The lowest BCUT2D eigenvalue weighted by Crippen LogP contribution is -2.60. The van der Waals surface area contributed by atoms with Crippen LogP contribution in [0, 0.1) is 5.92 Å². The number of hydrogen-bond donors (Lipinski definition) is 1. The maximum atomic E-state index is 12.7. The maximum Gasteiger partial charge on any atom is 0.331 e. The van der Waals surface area contributed by atoms with Crippen LogP contribution in [0.5, 0.6) is 5.75 Å². The Labute approximate surface area is 125 Å². The predicted molar refractivity (Wildman–Crippen MR) is 80.2 cm³/mol. The smallest absolute Gasteiger partial charge is 0.331 e. The van der Waals surface area contributed by atoms with Gasteiger partial charge in [0.05, 0.1) is 13.7 Å². The number of benzene rings is 1. The zero-order valence-corrected chi connectivity index (χ0v) is 12.7. The quantitative estimate of drug-likeness (QED) is 0.869. The van der Waals surface area contributed by atoms with Gasteiger partial charge in [-0.3, -0.25) is 5.32 Å². The lowest BCUT2D eigenvalue weighted by molar-refractivity contribution is -0.154. The minimum absolute atomic E-state index is 0.0282. The van der Waals surface area contributed by atoms with Crippen LogP contribution in [0.25, 0.3) is 0 Å². The van der Waals surface area contributed by atoms with Crippen LogP contribution in [0.3, 0.4) is 0 Å². The Kier molecular flexibility index (Phi) is 3.89.